The molecule has 2 aromatic carbocycles. The minimum Gasteiger partial charge on any atom is -0.489 e. The lowest BCUT2D eigenvalue weighted by Crippen LogP contribution is -2.44. The first kappa shape index (κ1) is 28.7. The molecule has 0 aromatic heterocycles. The molecule has 0 radical (unpaired) electrons. The van der Waals surface area contributed by atoms with E-state index in [1.54, 1.807) is 32.9 Å². The topological polar surface area (TPSA) is 111 Å². The summed E-state index contributed by atoms with van der Waals surface area (Å²) in [7, 11) is 0. The Kier molecular flexibility index (Phi) is 9.13. The third-order valence-corrected chi connectivity index (χ3v) is 5.06. The van der Waals surface area contributed by atoms with E-state index in [1.807, 2.05) is 58.9 Å². The van der Waals surface area contributed by atoms with Crippen LogP contribution in [0.3, 0.4) is 0 Å². The van der Waals surface area contributed by atoms with E-state index in [-0.39, 0.29) is 12.4 Å². The molecule has 8 heteroatoms. The van der Waals surface area contributed by atoms with Crippen LogP contribution in [0.25, 0.3) is 0 Å². The lowest BCUT2D eigenvalue weighted by Gasteiger charge is -2.23. The van der Waals surface area contributed by atoms with Gasteiger partial charge in [0, 0.05) is 6.42 Å². The number of carboxylic acid groups (broad SMARTS) is 1. The number of nitrogens with one attached hydrogen (secondary N) is 1. The lowest BCUT2D eigenvalue weighted by molar-refractivity contribution is -0.139. The van der Waals surface area contributed by atoms with E-state index in [9.17, 15) is 19.5 Å². The second-order valence-corrected chi connectivity index (χ2v) is 10.8. The smallest absolute Gasteiger partial charge is 0.408 e. The summed E-state index contributed by atoms with van der Waals surface area (Å²) < 4.78 is 16.5. The van der Waals surface area contributed by atoms with Crippen LogP contribution in [0.4, 0.5) is 4.79 Å². The first-order chi connectivity index (χ1) is 16.5. The molecule has 2 rings (SSSR count). The lowest BCUT2D eigenvalue weighted by atomic mass is 9.96. The summed E-state index contributed by atoms with van der Waals surface area (Å²) >= 11 is 0. The molecular formula is C28H37NO7. The third-order valence-electron chi connectivity index (χ3n) is 5.06. The SMILES string of the molecule is Cc1cc(OCc2ccc(C(=O)OC(C)(C)C)cc2)cc(C)c1CC(NC(=O)OC(C)(C)C)C(=O)O. The van der Waals surface area contributed by atoms with E-state index in [0.29, 0.717) is 17.9 Å². The Hall–Kier alpha value is -3.55. The Morgan fingerprint density at radius 3 is 1.89 bits per heavy atom. The summed E-state index contributed by atoms with van der Waals surface area (Å²) in [6.07, 6.45) is -0.665. The predicted octanol–water partition coefficient (Wildman–Crippen LogP) is 5.36. The molecule has 1 amide bonds. The van der Waals surface area contributed by atoms with Gasteiger partial charge in [-0.1, -0.05) is 12.1 Å². The molecule has 0 aliphatic carbocycles. The number of carbonyl (C=O) groups is 3. The molecule has 196 valence electrons. The van der Waals surface area contributed by atoms with Gasteiger partial charge in [-0.2, -0.15) is 0 Å². The fourth-order valence-electron chi connectivity index (χ4n) is 3.45. The maximum Gasteiger partial charge on any atom is 0.408 e. The van der Waals surface area contributed by atoms with Gasteiger partial charge in [-0.3, -0.25) is 0 Å². The number of aliphatic carboxylic acids is 1. The van der Waals surface area contributed by atoms with Gasteiger partial charge in [-0.05, 0) is 102 Å². The molecule has 0 bridgehead atoms. The fourth-order valence-corrected chi connectivity index (χ4v) is 3.45. The minimum absolute atomic E-state index is 0.110. The van der Waals surface area contributed by atoms with Gasteiger partial charge >= 0.3 is 18.0 Å². The van der Waals surface area contributed by atoms with Crippen molar-refractivity contribution in [3.8, 4) is 5.75 Å². The predicted molar refractivity (Wildman–Crippen MR) is 136 cm³/mol. The second kappa shape index (κ2) is 11.5. The number of alkyl carbamates (subject to hydrolysis) is 1. The number of amides is 1. The van der Waals surface area contributed by atoms with Gasteiger partial charge in [0.1, 0.15) is 29.6 Å². The number of benzene rings is 2. The summed E-state index contributed by atoms with van der Waals surface area (Å²) in [5.74, 6) is -0.885. The number of hydrogen-bond acceptors (Lipinski definition) is 6. The number of aryl methyl sites for hydroxylation is 2. The van der Waals surface area contributed by atoms with Crippen LogP contribution in [0, 0.1) is 13.8 Å². The highest BCUT2D eigenvalue weighted by Crippen LogP contribution is 2.24. The van der Waals surface area contributed by atoms with Gasteiger partial charge in [0.05, 0.1) is 5.56 Å². The molecule has 0 fully saturated rings. The van der Waals surface area contributed by atoms with Crippen molar-refractivity contribution < 1.29 is 33.7 Å². The largest absolute Gasteiger partial charge is 0.489 e. The summed E-state index contributed by atoms with van der Waals surface area (Å²) in [5, 5.41) is 12.1. The molecule has 2 aromatic rings. The van der Waals surface area contributed by atoms with Crippen molar-refractivity contribution in [1.29, 1.82) is 0 Å². The summed E-state index contributed by atoms with van der Waals surface area (Å²) in [5.41, 5.74) is 2.58. The van der Waals surface area contributed by atoms with Crippen molar-refractivity contribution in [1.82, 2.24) is 5.32 Å². The Balaban J connectivity index is 2.06. The molecule has 36 heavy (non-hydrogen) atoms. The number of carbonyl (C=O) groups excluding carboxylic acids is 2. The summed E-state index contributed by atoms with van der Waals surface area (Å²) in [6, 6.07) is 9.58. The van der Waals surface area contributed by atoms with Crippen LogP contribution in [0.1, 0.15) is 74.2 Å². The first-order valence-electron chi connectivity index (χ1n) is 11.8. The van der Waals surface area contributed by atoms with Gasteiger partial charge < -0.3 is 24.6 Å². The van der Waals surface area contributed by atoms with Gasteiger partial charge in [-0.25, -0.2) is 14.4 Å². The van der Waals surface area contributed by atoms with Crippen LogP contribution >= 0.6 is 0 Å². The monoisotopic (exact) mass is 499 g/mol. The van der Waals surface area contributed by atoms with Gasteiger partial charge in [0.2, 0.25) is 0 Å². The number of carboxylic acids is 1. The Bertz CT molecular complexity index is 1070. The second-order valence-electron chi connectivity index (χ2n) is 10.8. The number of esters is 1. The molecule has 0 saturated heterocycles. The minimum atomic E-state index is -1.14. The van der Waals surface area contributed by atoms with Crippen LogP contribution in [0.15, 0.2) is 36.4 Å². The molecule has 0 aliphatic rings. The molecule has 0 aliphatic heterocycles. The molecule has 0 heterocycles. The molecule has 1 atom stereocenters. The normalized spacial score (nSPS) is 12.4. The maximum atomic E-state index is 12.2. The molecule has 0 saturated carbocycles. The number of hydrogen-bond donors (Lipinski definition) is 2. The molecule has 2 N–H and O–H groups in total. The van der Waals surface area contributed by atoms with Crippen LogP contribution in [-0.4, -0.2) is 40.4 Å². The summed E-state index contributed by atoms with van der Waals surface area (Å²) in [4.78, 5) is 36.0. The van der Waals surface area contributed by atoms with Crippen LogP contribution in [0.5, 0.6) is 5.75 Å². The van der Waals surface area contributed by atoms with E-state index >= 15 is 0 Å². The Morgan fingerprint density at radius 2 is 1.42 bits per heavy atom. The highest BCUT2D eigenvalue weighted by atomic mass is 16.6. The highest BCUT2D eigenvalue weighted by Gasteiger charge is 2.25. The van der Waals surface area contributed by atoms with Crippen LogP contribution in [0.2, 0.25) is 0 Å². The van der Waals surface area contributed by atoms with Gasteiger partial charge in [0.15, 0.2) is 0 Å². The fraction of sp³-hybridized carbons (Fsp3) is 0.464. The van der Waals surface area contributed by atoms with E-state index in [2.05, 4.69) is 5.32 Å². The Morgan fingerprint density at radius 1 is 0.889 bits per heavy atom. The average molecular weight is 500 g/mol. The number of rotatable bonds is 8. The van der Waals surface area contributed by atoms with Crippen molar-refractivity contribution in [3.05, 3.63) is 64.2 Å². The van der Waals surface area contributed by atoms with Crippen LogP contribution in [-0.2, 0) is 27.3 Å². The molecule has 8 nitrogen and oxygen atoms in total. The zero-order valence-corrected chi connectivity index (χ0v) is 22.4. The van der Waals surface area contributed by atoms with Crippen molar-refractivity contribution >= 4 is 18.0 Å². The molecular weight excluding hydrogens is 462 g/mol. The molecule has 1 unspecified atom stereocenters. The molecule has 0 spiro atoms. The van der Waals surface area contributed by atoms with Crippen molar-refractivity contribution in [2.75, 3.05) is 0 Å². The van der Waals surface area contributed by atoms with E-state index in [4.69, 9.17) is 14.2 Å². The maximum absolute atomic E-state index is 12.2. The van der Waals surface area contributed by atoms with Crippen LogP contribution < -0.4 is 10.1 Å². The van der Waals surface area contributed by atoms with Gasteiger partial charge in [0.25, 0.3) is 0 Å². The van der Waals surface area contributed by atoms with E-state index in [1.165, 1.54) is 0 Å². The zero-order valence-electron chi connectivity index (χ0n) is 22.4. The third kappa shape index (κ3) is 9.24. The quantitative estimate of drug-likeness (QED) is 0.471. The average Bonchev–Trinajstić information content (AvgIpc) is 2.71. The summed E-state index contributed by atoms with van der Waals surface area (Å²) in [6.45, 7) is 14.6. The van der Waals surface area contributed by atoms with Crippen molar-refractivity contribution in [3.63, 3.8) is 0 Å². The van der Waals surface area contributed by atoms with E-state index < -0.39 is 29.3 Å². The zero-order chi connectivity index (χ0) is 27.3. The number of ether oxygens (including phenoxy) is 3. The van der Waals surface area contributed by atoms with E-state index in [0.717, 1.165) is 22.3 Å². The standard InChI is InChI=1S/C28H37NO7/c1-17-13-21(34-16-19-9-11-20(12-10-19)25(32)35-27(3,4)5)14-18(2)22(17)15-23(24(30)31)29-26(33)36-28(6,7)8/h9-14,23H,15-16H2,1-8H3,(H,29,33)(H,30,31). The highest BCUT2D eigenvalue weighted by molar-refractivity contribution is 5.89. The van der Waals surface area contributed by atoms with Crippen molar-refractivity contribution in [2.45, 2.75) is 85.7 Å². The van der Waals surface area contributed by atoms with Crippen molar-refractivity contribution in [2.24, 2.45) is 0 Å². The first-order valence-corrected chi connectivity index (χ1v) is 11.8. The Labute approximate surface area is 212 Å². The van der Waals surface area contributed by atoms with Gasteiger partial charge in [-0.15, -0.1) is 0 Å².